The molecule has 3 aliphatic rings. The van der Waals surface area contributed by atoms with E-state index in [0.717, 1.165) is 12.8 Å². The molecule has 3 heterocycles. The van der Waals surface area contributed by atoms with Crippen molar-refractivity contribution in [2.24, 2.45) is 11.8 Å². The number of amides is 1. The van der Waals surface area contributed by atoms with Gasteiger partial charge in [-0.2, -0.15) is 0 Å². The SMILES string of the molecule is CCCOC(=O)[C@H]1[C@H]2C=C[C@@]3(CN(CCCOC)C(=O)[C@@H]13)O2. The molecule has 2 saturated heterocycles. The number of hydrogen-bond acceptors (Lipinski definition) is 5. The zero-order chi connectivity index (χ0) is 15.7. The van der Waals surface area contributed by atoms with Gasteiger partial charge < -0.3 is 19.1 Å². The Kier molecular flexibility index (Phi) is 4.23. The molecule has 3 rings (SSSR count). The minimum Gasteiger partial charge on any atom is -0.465 e. The lowest BCUT2D eigenvalue weighted by atomic mass is 9.77. The van der Waals surface area contributed by atoms with Gasteiger partial charge in [0.15, 0.2) is 0 Å². The Hall–Kier alpha value is -1.40. The number of carbonyl (C=O) groups is 2. The first-order valence-corrected chi connectivity index (χ1v) is 7.94. The average Bonchev–Trinajstić information content (AvgIpc) is 3.14. The predicted octanol–water partition coefficient (Wildman–Crippen LogP) is 0.758. The number of esters is 1. The standard InChI is InChI=1S/C16H23NO5/c1-3-8-21-15(19)12-11-5-6-16(22-11)10-17(7-4-9-20-2)14(18)13(12)16/h5-6,11-13H,3-4,7-10H2,1-2H3/t11-,12+,13-,16+/m1/s1. The normalized spacial score (nSPS) is 35.3. The van der Waals surface area contributed by atoms with E-state index in [1.54, 1.807) is 12.0 Å². The second kappa shape index (κ2) is 6.01. The fourth-order valence-electron chi connectivity index (χ4n) is 3.74. The average molecular weight is 309 g/mol. The molecule has 0 aliphatic carbocycles. The maximum absolute atomic E-state index is 12.7. The molecule has 0 radical (unpaired) electrons. The number of fused-ring (bicyclic) bond motifs is 1. The highest BCUT2D eigenvalue weighted by Crippen LogP contribution is 2.52. The van der Waals surface area contributed by atoms with Crippen LogP contribution in [0.4, 0.5) is 0 Å². The lowest BCUT2D eigenvalue weighted by Crippen LogP contribution is -2.40. The summed E-state index contributed by atoms with van der Waals surface area (Å²) in [5.41, 5.74) is -0.634. The van der Waals surface area contributed by atoms with Gasteiger partial charge >= 0.3 is 5.97 Å². The van der Waals surface area contributed by atoms with Crippen molar-refractivity contribution in [3.8, 4) is 0 Å². The number of hydrogen-bond donors (Lipinski definition) is 0. The van der Waals surface area contributed by atoms with E-state index in [9.17, 15) is 9.59 Å². The maximum Gasteiger partial charge on any atom is 0.312 e. The van der Waals surface area contributed by atoms with Crippen LogP contribution in [-0.4, -0.2) is 61.9 Å². The summed E-state index contributed by atoms with van der Waals surface area (Å²) in [5, 5.41) is 0. The van der Waals surface area contributed by atoms with Crippen LogP contribution in [0.1, 0.15) is 19.8 Å². The zero-order valence-electron chi connectivity index (χ0n) is 13.1. The summed E-state index contributed by atoms with van der Waals surface area (Å²) >= 11 is 0. The van der Waals surface area contributed by atoms with Gasteiger partial charge in [0.2, 0.25) is 5.91 Å². The van der Waals surface area contributed by atoms with Crippen molar-refractivity contribution in [2.45, 2.75) is 31.5 Å². The van der Waals surface area contributed by atoms with Crippen LogP contribution in [-0.2, 0) is 23.8 Å². The van der Waals surface area contributed by atoms with E-state index in [1.165, 1.54) is 0 Å². The van der Waals surface area contributed by atoms with Crippen molar-refractivity contribution in [3.05, 3.63) is 12.2 Å². The first kappa shape index (κ1) is 15.5. The Balaban J connectivity index is 1.73. The molecule has 2 fully saturated rings. The largest absolute Gasteiger partial charge is 0.465 e. The lowest BCUT2D eigenvalue weighted by molar-refractivity contribution is -0.153. The van der Waals surface area contributed by atoms with Gasteiger partial charge in [0.05, 0.1) is 25.2 Å². The van der Waals surface area contributed by atoms with E-state index in [-0.39, 0.29) is 18.0 Å². The van der Waals surface area contributed by atoms with E-state index in [0.29, 0.717) is 26.3 Å². The van der Waals surface area contributed by atoms with Gasteiger partial charge in [-0.15, -0.1) is 0 Å². The molecule has 2 bridgehead atoms. The van der Waals surface area contributed by atoms with Crippen molar-refractivity contribution >= 4 is 11.9 Å². The van der Waals surface area contributed by atoms with Gasteiger partial charge in [0.1, 0.15) is 11.5 Å². The van der Waals surface area contributed by atoms with Crippen molar-refractivity contribution in [1.82, 2.24) is 4.90 Å². The Morgan fingerprint density at radius 2 is 2.32 bits per heavy atom. The highest BCUT2D eigenvalue weighted by Gasteiger charge is 2.67. The van der Waals surface area contributed by atoms with Crippen LogP contribution in [0.15, 0.2) is 12.2 Å². The maximum atomic E-state index is 12.7. The number of rotatable bonds is 7. The third-order valence-corrected chi connectivity index (χ3v) is 4.68. The van der Waals surface area contributed by atoms with E-state index in [1.807, 2.05) is 19.1 Å². The molecular formula is C16H23NO5. The van der Waals surface area contributed by atoms with E-state index in [4.69, 9.17) is 14.2 Å². The second-order valence-corrected chi connectivity index (χ2v) is 6.17. The quantitative estimate of drug-likeness (QED) is 0.395. The fourth-order valence-corrected chi connectivity index (χ4v) is 3.74. The third kappa shape index (κ3) is 2.34. The molecule has 22 heavy (non-hydrogen) atoms. The minimum atomic E-state index is -0.634. The number of nitrogens with zero attached hydrogens (tertiary/aromatic N) is 1. The van der Waals surface area contributed by atoms with E-state index < -0.39 is 17.4 Å². The molecule has 6 nitrogen and oxygen atoms in total. The Morgan fingerprint density at radius 1 is 1.50 bits per heavy atom. The minimum absolute atomic E-state index is 0.00130. The van der Waals surface area contributed by atoms with Crippen LogP contribution < -0.4 is 0 Å². The third-order valence-electron chi connectivity index (χ3n) is 4.68. The lowest BCUT2D eigenvalue weighted by Gasteiger charge is -2.22. The summed E-state index contributed by atoms with van der Waals surface area (Å²) in [6.07, 6.45) is 5.09. The molecule has 6 heteroatoms. The van der Waals surface area contributed by atoms with Gasteiger partial charge in [0, 0.05) is 20.3 Å². The van der Waals surface area contributed by atoms with E-state index >= 15 is 0 Å². The van der Waals surface area contributed by atoms with Crippen LogP contribution in [0, 0.1) is 11.8 Å². The van der Waals surface area contributed by atoms with Crippen molar-refractivity contribution in [3.63, 3.8) is 0 Å². The van der Waals surface area contributed by atoms with Crippen LogP contribution >= 0.6 is 0 Å². The fraction of sp³-hybridized carbons (Fsp3) is 0.750. The molecule has 4 atom stereocenters. The smallest absolute Gasteiger partial charge is 0.312 e. The molecule has 0 N–H and O–H groups in total. The van der Waals surface area contributed by atoms with Crippen molar-refractivity contribution in [2.75, 3.05) is 33.4 Å². The topological polar surface area (TPSA) is 65.1 Å². The summed E-state index contributed by atoms with van der Waals surface area (Å²) in [7, 11) is 1.65. The Bertz CT molecular complexity index is 491. The van der Waals surface area contributed by atoms with Gasteiger partial charge in [-0.25, -0.2) is 0 Å². The monoisotopic (exact) mass is 309 g/mol. The number of ether oxygens (including phenoxy) is 3. The summed E-state index contributed by atoms with van der Waals surface area (Å²) in [5.74, 6) is -1.25. The second-order valence-electron chi connectivity index (χ2n) is 6.17. The van der Waals surface area contributed by atoms with Crippen molar-refractivity contribution in [1.29, 1.82) is 0 Å². The van der Waals surface area contributed by atoms with Crippen molar-refractivity contribution < 1.29 is 23.8 Å². The van der Waals surface area contributed by atoms with Gasteiger partial charge in [-0.1, -0.05) is 19.1 Å². The molecular weight excluding hydrogens is 286 g/mol. The van der Waals surface area contributed by atoms with Crippen LogP contribution in [0.5, 0.6) is 0 Å². The van der Waals surface area contributed by atoms with Crippen LogP contribution in [0.3, 0.4) is 0 Å². The Labute approximate surface area is 130 Å². The molecule has 122 valence electrons. The van der Waals surface area contributed by atoms with E-state index in [2.05, 4.69) is 0 Å². The summed E-state index contributed by atoms with van der Waals surface area (Å²) in [4.78, 5) is 26.8. The molecule has 1 amide bonds. The number of likely N-dealkylation sites (tertiary alicyclic amines) is 1. The highest BCUT2D eigenvalue weighted by molar-refractivity contribution is 5.91. The number of methoxy groups -OCH3 is 1. The molecule has 0 aromatic carbocycles. The first-order chi connectivity index (χ1) is 10.6. The van der Waals surface area contributed by atoms with Crippen LogP contribution in [0.25, 0.3) is 0 Å². The molecule has 0 aromatic heterocycles. The van der Waals surface area contributed by atoms with Gasteiger partial charge in [-0.3, -0.25) is 9.59 Å². The summed E-state index contributed by atoms with van der Waals surface area (Å²) < 4.78 is 16.3. The molecule has 0 aromatic rings. The zero-order valence-corrected chi connectivity index (χ0v) is 13.1. The van der Waals surface area contributed by atoms with Crippen LogP contribution in [0.2, 0.25) is 0 Å². The molecule has 0 unspecified atom stereocenters. The predicted molar refractivity (Wildman–Crippen MR) is 78.0 cm³/mol. The van der Waals surface area contributed by atoms with Gasteiger partial charge in [0.25, 0.3) is 0 Å². The summed E-state index contributed by atoms with van der Waals surface area (Å²) in [6, 6.07) is 0. The molecule has 0 saturated carbocycles. The summed E-state index contributed by atoms with van der Waals surface area (Å²) in [6.45, 7) is 4.10. The highest BCUT2D eigenvalue weighted by atomic mass is 16.6. The molecule has 1 spiro atoms. The van der Waals surface area contributed by atoms with Gasteiger partial charge in [-0.05, 0) is 12.8 Å². The number of carbonyl (C=O) groups excluding carboxylic acids is 2. The Morgan fingerprint density at radius 3 is 3.05 bits per heavy atom. The first-order valence-electron chi connectivity index (χ1n) is 7.94. The molecule has 3 aliphatic heterocycles.